The summed E-state index contributed by atoms with van der Waals surface area (Å²) in [7, 11) is 0. The van der Waals surface area contributed by atoms with Crippen LogP contribution in [0.2, 0.25) is 10.0 Å². The van der Waals surface area contributed by atoms with Gasteiger partial charge in [-0.2, -0.15) is 0 Å². The molecule has 0 aliphatic heterocycles. The Morgan fingerprint density at radius 2 is 1.95 bits per heavy atom. The molecule has 0 unspecified atom stereocenters. The highest BCUT2D eigenvalue weighted by atomic mass is 35.5. The van der Waals surface area contributed by atoms with Crippen LogP contribution in [0.3, 0.4) is 0 Å². The highest BCUT2D eigenvalue weighted by Gasteiger charge is 2.05. The molecule has 7 heteroatoms. The molecule has 0 aliphatic rings. The van der Waals surface area contributed by atoms with E-state index in [0.717, 1.165) is 0 Å². The maximum Gasteiger partial charge on any atom is 0.266 e. The van der Waals surface area contributed by atoms with E-state index in [0.29, 0.717) is 27.1 Å². The van der Waals surface area contributed by atoms with Crippen molar-refractivity contribution in [1.29, 1.82) is 0 Å². The lowest BCUT2D eigenvalue weighted by molar-refractivity contribution is 0.0953. The zero-order valence-electron chi connectivity index (χ0n) is 10.3. The van der Waals surface area contributed by atoms with Gasteiger partial charge < -0.3 is 4.74 Å². The van der Waals surface area contributed by atoms with Gasteiger partial charge in [0.05, 0.1) is 11.3 Å². The van der Waals surface area contributed by atoms with E-state index in [1.807, 2.05) is 5.43 Å². The number of pyridine rings is 1. The second-order valence-corrected chi connectivity index (χ2v) is 4.78. The van der Waals surface area contributed by atoms with E-state index in [4.69, 9.17) is 33.8 Å². The Hall–Kier alpha value is -1.82. The number of nitrogens with two attached hydrogens (primary N) is 1. The van der Waals surface area contributed by atoms with Crippen molar-refractivity contribution in [3.8, 4) is 5.75 Å². The smallest absolute Gasteiger partial charge is 0.266 e. The lowest BCUT2D eigenvalue weighted by Gasteiger charge is -2.07. The lowest BCUT2D eigenvalue weighted by atomic mass is 10.2. The number of rotatable bonds is 4. The van der Waals surface area contributed by atoms with Crippen molar-refractivity contribution in [2.45, 2.75) is 6.61 Å². The largest absolute Gasteiger partial charge is 0.487 e. The summed E-state index contributed by atoms with van der Waals surface area (Å²) in [6.45, 7) is 0.237. The van der Waals surface area contributed by atoms with Crippen molar-refractivity contribution in [1.82, 2.24) is 10.4 Å². The van der Waals surface area contributed by atoms with Gasteiger partial charge in [-0.05, 0) is 30.3 Å². The summed E-state index contributed by atoms with van der Waals surface area (Å²) in [4.78, 5) is 15.3. The number of carbonyl (C=O) groups is 1. The van der Waals surface area contributed by atoms with Gasteiger partial charge in [0.25, 0.3) is 5.91 Å². The van der Waals surface area contributed by atoms with Crippen molar-refractivity contribution in [2.75, 3.05) is 0 Å². The lowest BCUT2D eigenvalue weighted by Crippen LogP contribution is -2.30. The number of nitrogens with one attached hydrogen (secondary N) is 1. The molecule has 104 valence electrons. The van der Waals surface area contributed by atoms with Gasteiger partial charge >= 0.3 is 0 Å². The molecule has 0 spiro atoms. The Balaban J connectivity index is 2.02. The van der Waals surface area contributed by atoms with Gasteiger partial charge in [0.15, 0.2) is 0 Å². The molecule has 0 saturated carbocycles. The summed E-state index contributed by atoms with van der Waals surface area (Å²) in [5.41, 5.74) is 3.07. The standard InChI is InChI=1S/C13H11Cl2N3O2/c14-9-3-10(15)5-12(4-9)20-7-11-2-1-8(6-17-11)13(19)18-16/h1-6H,7,16H2,(H,18,19). The molecule has 2 aromatic rings. The topological polar surface area (TPSA) is 77.2 Å². The monoisotopic (exact) mass is 311 g/mol. The third-order valence-electron chi connectivity index (χ3n) is 2.44. The molecule has 3 N–H and O–H groups in total. The number of nitrogens with zero attached hydrogens (tertiary/aromatic N) is 1. The molecule has 1 heterocycles. The maximum atomic E-state index is 11.2. The van der Waals surface area contributed by atoms with Gasteiger partial charge in [-0.1, -0.05) is 23.2 Å². The molecule has 5 nitrogen and oxygen atoms in total. The van der Waals surface area contributed by atoms with Crippen molar-refractivity contribution >= 4 is 29.1 Å². The molecule has 1 amide bonds. The van der Waals surface area contributed by atoms with Crippen LogP contribution in [0.1, 0.15) is 16.1 Å². The van der Waals surface area contributed by atoms with Gasteiger partial charge in [-0.25, -0.2) is 5.84 Å². The van der Waals surface area contributed by atoms with E-state index in [1.54, 1.807) is 30.3 Å². The Morgan fingerprint density at radius 1 is 1.25 bits per heavy atom. The molecular weight excluding hydrogens is 301 g/mol. The third kappa shape index (κ3) is 3.84. The zero-order valence-corrected chi connectivity index (χ0v) is 11.8. The summed E-state index contributed by atoms with van der Waals surface area (Å²) in [6.07, 6.45) is 1.42. The molecule has 0 radical (unpaired) electrons. The SMILES string of the molecule is NNC(=O)c1ccc(COc2cc(Cl)cc(Cl)c2)nc1. The number of hydrogen-bond acceptors (Lipinski definition) is 4. The Labute approximate surface area is 125 Å². The fourth-order valence-electron chi connectivity index (χ4n) is 1.50. The fourth-order valence-corrected chi connectivity index (χ4v) is 2.00. The minimum Gasteiger partial charge on any atom is -0.487 e. The molecule has 1 aromatic heterocycles. The van der Waals surface area contributed by atoms with Gasteiger partial charge in [0, 0.05) is 16.2 Å². The first-order valence-electron chi connectivity index (χ1n) is 5.63. The summed E-state index contributed by atoms with van der Waals surface area (Å²) in [5, 5.41) is 0.992. The second kappa shape index (κ2) is 6.56. The van der Waals surface area contributed by atoms with Crippen LogP contribution in [0.25, 0.3) is 0 Å². The average molecular weight is 312 g/mol. The number of benzene rings is 1. The molecule has 0 atom stereocenters. The van der Waals surface area contributed by atoms with Crippen LogP contribution in [0.4, 0.5) is 0 Å². The molecule has 20 heavy (non-hydrogen) atoms. The van der Waals surface area contributed by atoms with Crippen LogP contribution >= 0.6 is 23.2 Å². The number of nitrogen functional groups attached to an aromatic ring is 1. The molecule has 0 fully saturated rings. The molecular formula is C13H11Cl2N3O2. The molecule has 0 aliphatic carbocycles. The van der Waals surface area contributed by atoms with Crippen molar-refractivity contribution in [2.24, 2.45) is 5.84 Å². The number of amides is 1. The minimum absolute atomic E-state index is 0.237. The van der Waals surface area contributed by atoms with E-state index in [9.17, 15) is 4.79 Å². The number of carbonyl (C=O) groups excluding carboxylic acids is 1. The first-order chi connectivity index (χ1) is 9.58. The molecule has 1 aromatic carbocycles. The van der Waals surface area contributed by atoms with Crippen LogP contribution in [0.15, 0.2) is 36.5 Å². The highest BCUT2D eigenvalue weighted by molar-refractivity contribution is 6.34. The summed E-state index contributed by atoms with van der Waals surface area (Å²) in [6, 6.07) is 8.22. The predicted octanol–water partition coefficient (Wildman–Crippen LogP) is 2.57. The zero-order chi connectivity index (χ0) is 14.5. The summed E-state index contributed by atoms with van der Waals surface area (Å²) >= 11 is 11.7. The first-order valence-corrected chi connectivity index (χ1v) is 6.39. The Morgan fingerprint density at radius 3 is 2.50 bits per heavy atom. The molecule has 2 rings (SSSR count). The average Bonchev–Trinajstić information content (AvgIpc) is 2.44. The number of halogens is 2. The fraction of sp³-hybridized carbons (Fsp3) is 0.0769. The summed E-state index contributed by atoms with van der Waals surface area (Å²) in [5.74, 6) is 5.18. The number of ether oxygens (including phenoxy) is 1. The number of aromatic nitrogens is 1. The molecule has 0 saturated heterocycles. The predicted molar refractivity (Wildman–Crippen MR) is 76.7 cm³/mol. The number of hydrazine groups is 1. The van der Waals surface area contributed by atoms with Crippen LogP contribution in [0.5, 0.6) is 5.75 Å². The molecule has 0 bridgehead atoms. The number of hydrogen-bond donors (Lipinski definition) is 2. The van der Waals surface area contributed by atoms with E-state index < -0.39 is 5.91 Å². The highest BCUT2D eigenvalue weighted by Crippen LogP contribution is 2.24. The van der Waals surface area contributed by atoms with E-state index in [2.05, 4.69) is 4.98 Å². The maximum absolute atomic E-state index is 11.2. The first kappa shape index (κ1) is 14.6. The normalized spacial score (nSPS) is 10.2. The van der Waals surface area contributed by atoms with Crippen LogP contribution < -0.4 is 16.0 Å². The third-order valence-corrected chi connectivity index (χ3v) is 2.88. The second-order valence-electron chi connectivity index (χ2n) is 3.91. The van der Waals surface area contributed by atoms with Crippen molar-refractivity contribution < 1.29 is 9.53 Å². The van der Waals surface area contributed by atoms with E-state index in [1.165, 1.54) is 6.20 Å². The minimum atomic E-state index is -0.397. The van der Waals surface area contributed by atoms with Gasteiger partial charge in [0.1, 0.15) is 12.4 Å². The van der Waals surface area contributed by atoms with Crippen LogP contribution in [0, 0.1) is 0 Å². The van der Waals surface area contributed by atoms with Crippen LogP contribution in [-0.4, -0.2) is 10.9 Å². The van der Waals surface area contributed by atoms with Crippen LogP contribution in [-0.2, 0) is 6.61 Å². The Kier molecular flexibility index (Phi) is 4.79. The van der Waals surface area contributed by atoms with Gasteiger partial charge in [-0.15, -0.1) is 0 Å². The van der Waals surface area contributed by atoms with Gasteiger partial charge in [0.2, 0.25) is 0 Å². The Bertz CT molecular complexity index is 597. The van der Waals surface area contributed by atoms with Crippen molar-refractivity contribution in [3.05, 3.63) is 57.8 Å². The van der Waals surface area contributed by atoms with E-state index >= 15 is 0 Å². The van der Waals surface area contributed by atoms with Crippen molar-refractivity contribution in [3.63, 3.8) is 0 Å². The summed E-state index contributed by atoms with van der Waals surface area (Å²) < 4.78 is 5.52. The van der Waals surface area contributed by atoms with E-state index in [-0.39, 0.29) is 6.61 Å². The quantitative estimate of drug-likeness (QED) is 0.517. The van der Waals surface area contributed by atoms with Gasteiger partial charge in [-0.3, -0.25) is 15.2 Å².